The molecule has 1 atom stereocenters. The molecule has 10 heteroatoms. The number of rotatable bonds is 5. The second-order valence-corrected chi connectivity index (χ2v) is 7.04. The molecule has 0 saturated carbocycles. The first-order valence-corrected chi connectivity index (χ1v) is 9.08. The van der Waals surface area contributed by atoms with Gasteiger partial charge in [0.1, 0.15) is 24.3 Å². The van der Waals surface area contributed by atoms with Crippen LogP contribution in [0.15, 0.2) is 29.1 Å². The number of carbonyl (C=O) groups is 1. The Morgan fingerprint density at radius 3 is 2.93 bits per heavy atom. The largest absolute Gasteiger partial charge is 0.480 e. The Morgan fingerprint density at radius 2 is 2.17 bits per heavy atom. The summed E-state index contributed by atoms with van der Waals surface area (Å²) in [7, 11) is 0. The van der Waals surface area contributed by atoms with Crippen LogP contribution in [-0.2, 0) is 17.9 Å². The molecule has 0 spiro atoms. The van der Waals surface area contributed by atoms with E-state index in [1.807, 2.05) is 4.90 Å². The van der Waals surface area contributed by atoms with Gasteiger partial charge in [0.15, 0.2) is 0 Å². The Morgan fingerprint density at radius 1 is 1.34 bits per heavy atom. The zero-order valence-corrected chi connectivity index (χ0v) is 15.4. The minimum atomic E-state index is -0.871. The molecular weight excluding hydrogens is 381 g/mol. The van der Waals surface area contributed by atoms with E-state index in [9.17, 15) is 14.0 Å². The molecule has 1 saturated heterocycles. The number of nitriles is 1. The highest BCUT2D eigenvalue weighted by Gasteiger charge is 2.36. The zero-order chi connectivity index (χ0) is 20.5. The fourth-order valence-electron chi connectivity index (χ4n) is 3.79. The standard InChI is InChI=1S/C19H18FN5O4/c20-15-2-1-12(5-13(15)7-21)11-29-16-6-17-24-4-3-23(10-18(26)27)8-14(24)9-25(17)19(28)22-16/h1-2,5-6,14H,3-4,8-11H2,(H,26,27). The third kappa shape index (κ3) is 3.77. The maximum absolute atomic E-state index is 13.4. The number of hydrogen-bond acceptors (Lipinski definition) is 7. The van der Waals surface area contributed by atoms with E-state index in [1.165, 1.54) is 18.2 Å². The molecular formula is C19H18FN5O4. The molecule has 9 nitrogen and oxygen atoms in total. The molecule has 4 rings (SSSR count). The fraction of sp³-hybridized carbons (Fsp3) is 0.368. The van der Waals surface area contributed by atoms with E-state index in [-0.39, 0.29) is 30.6 Å². The van der Waals surface area contributed by atoms with Crippen molar-refractivity contribution in [1.82, 2.24) is 14.5 Å². The van der Waals surface area contributed by atoms with Gasteiger partial charge in [0.05, 0.1) is 24.7 Å². The number of halogens is 1. The lowest BCUT2D eigenvalue weighted by atomic mass is 10.1. The fourth-order valence-corrected chi connectivity index (χ4v) is 3.79. The summed E-state index contributed by atoms with van der Waals surface area (Å²) in [5.74, 6) is -0.628. The van der Waals surface area contributed by atoms with Crippen molar-refractivity contribution in [2.24, 2.45) is 0 Å². The van der Waals surface area contributed by atoms with Gasteiger partial charge in [-0.1, -0.05) is 6.07 Å². The Balaban J connectivity index is 1.50. The Bertz CT molecular complexity index is 1060. The van der Waals surface area contributed by atoms with Crippen LogP contribution in [0.25, 0.3) is 0 Å². The van der Waals surface area contributed by atoms with Crippen molar-refractivity contribution in [2.75, 3.05) is 31.1 Å². The van der Waals surface area contributed by atoms with Crippen LogP contribution in [0.2, 0.25) is 0 Å². The predicted molar refractivity (Wildman–Crippen MR) is 99.2 cm³/mol. The number of fused-ring (bicyclic) bond motifs is 3. The van der Waals surface area contributed by atoms with E-state index >= 15 is 0 Å². The Hall–Kier alpha value is -3.45. The smallest absolute Gasteiger partial charge is 0.352 e. The van der Waals surface area contributed by atoms with Gasteiger partial charge in [0.25, 0.3) is 0 Å². The molecule has 0 amide bonds. The lowest BCUT2D eigenvalue weighted by Gasteiger charge is -2.37. The summed E-state index contributed by atoms with van der Waals surface area (Å²) in [6, 6.07) is 7.56. The molecule has 0 bridgehead atoms. The lowest BCUT2D eigenvalue weighted by molar-refractivity contribution is -0.138. The molecule has 1 aromatic heterocycles. The highest BCUT2D eigenvalue weighted by atomic mass is 19.1. The minimum Gasteiger partial charge on any atom is -0.480 e. The molecule has 1 unspecified atom stereocenters. The topological polar surface area (TPSA) is 112 Å². The van der Waals surface area contributed by atoms with Gasteiger partial charge in [-0.3, -0.25) is 14.3 Å². The van der Waals surface area contributed by atoms with Crippen LogP contribution in [0.4, 0.5) is 10.2 Å². The SMILES string of the molecule is N#Cc1cc(COc2cc3n(c(=O)n2)CC2CN(CC(=O)O)CCN32)ccc1F. The third-order valence-corrected chi connectivity index (χ3v) is 5.12. The first-order chi connectivity index (χ1) is 13.9. The van der Waals surface area contributed by atoms with Gasteiger partial charge >= 0.3 is 11.7 Å². The van der Waals surface area contributed by atoms with E-state index in [1.54, 1.807) is 16.7 Å². The number of carboxylic acids is 1. The minimum absolute atomic E-state index is 0.00290. The first kappa shape index (κ1) is 18.9. The maximum Gasteiger partial charge on any atom is 0.352 e. The molecule has 150 valence electrons. The summed E-state index contributed by atoms with van der Waals surface area (Å²) in [5, 5.41) is 17.9. The average Bonchev–Trinajstić information content (AvgIpc) is 3.05. The molecule has 2 aromatic rings. The second-order valence-electron chi connectivity index (χ2n) is 7.04. The summed E-state index contributed by atoms with van der Waals surface area (Å²) in [6.07, 6.45) is 0. The molecule has 29 heavy (non-hydrogen) atoms. The van der Waals surface area contributed by atoms with Crippen molar-refractivity contribution >= 4 is 11.8 Å². The van der Waals surface area contributed by atoms with E-state index in [2.05, 4.69) is 9.88 Å². The molecule has 1 N–H and O–H groups in total. The number of ether oxygens (including phenoxy) is 1. The Labute approximate surface area is 165 Å². The zero-order valence-electron chi connectivity index (χ0n) is 15.4. The number of anilines is 1. The maximum atomic E-state index is 13.4. The van der Waals surface area contributed by atoms with Gasteiger partial charge in [-0.15, -0.1) is 0 Å². The molecule has 2 aliphatic heterocycles. The van der Waals surface area contributed by atoms with E-state index in [0.29, 0.717) is 37.6 Å². The van der Waals surface area contributed by atoms with Crippen LogP contribution in [0, 0.1) is 17.1 Å². The normalized spacial score (nSPS) is 18.1. The van der Waals surface area contributed by atoms with Gasteiger partial charge in [-0.25, -0.2) is 9.18 Å². The number of carboxylic acid groups (broad SMARTS) is 1. The van der Waals surface area contributed by atoms with Gasteiger partial charge in [0, 0.05) is 25.7 Å². The molecule has 3 heterocycles. The quantitative estimate of drug-likeness (QED) is 0.770. The van der Waals surface area contributed by atoms with Crippen molar-refractivity contribution in [3.05, 3.63) is 51.7 Å². The third-order valence-electron chi connectivity index (χ3n) is 5.12. The van der Waals surface area contributed by atoms with Crippen LogP contribution >= 0.6 is 0 Å². The lowest BCUT2D eigenvalue weighted by Crippen LogP contribution is -2.52. The van der Waals surface area contributed by atoms with Gasteiger partial charge in [-0.2, -0.15) is 10.2 Å². The number of aromatic nitrogens is 2. The molecule has 1 fully saturated rings. The first-order valence-electron chi connectivity index (χ1n) is 9.08. The summed E-state index contributed by atoms with van der Waals surface area (Å²) >= 11 is 0. The van der Waals surface area contributed by atoms with E-state index in [0.717, 1.165) is 0 Å². The van der Waals surface area contributed by atoms with E-state index < -0.39 is 17.5 Å². The Kier molecular flexibility index (Phi) is 4.90. The van der Waals surface area contributed by atoms with Crippen LogP contribution in [0.5, 0.6) is 5.88 Å². The van der Waals surface area contributed by atoms with Crippen LogP contribution in [0.3, 0.4) is 0 Å². The molecule has 2 aliphatic rings. The van der Waals surface area contributed by atoms with Crippen LogP contribution in [-0.4, -0.2) is 57.7 Å². The number of nitrogens with zero attached hydrogens (tertiary/aromatic N) is 5. The number of piperazine rings is 1. The molecule has 0 radical (unpaired) electrons. The highest BCUT2D eigenvalue weighted by molar-refractivity contribution is 5.69. The monoisotopic (exact) mass is 399 g/mol. The number of benzene rings is 1. The molecule has 1 aromatic carbocycles. The van der Waals surface area contributed by atoms with Crippen LogP contribution < -0.4 is 15.3 Å². The summed E-state index contributed by atoms with van der Waals surface area (Å²) in [6.45, 7) is 2.20. The summed E-state index contributed by atoms with van der Waals surface area (Å²) < 4.78 is 20.6. The van der Waals surface area contributed by atoms with Gasteiger partial charge < -0.3 is 14.7 Å². The van der Waals surface area contributed by atoms with Crippen molar-refractivity contribution in [2.45, 2.75) is 19.2 Å². The highest BCUT2D eigenvalue weighted by Crippen LogP contribution is 2.29. The molecule has 0 aliphatic carbocycles. The predicted octanol–water partition coefficient (Wildman–Crippen LogP) is 0.422. The second kappa shape index (κ2) is 7.52. The summed E-state index contributed by atoms with van der Waals surface area (Å²) in [4.78, 5) is 31.3. The summed E-state index contributed by atoms with van der Waals surface area (Å²) in [5.41, 5.74) is 0.0779. The van der Waals surface area contributed by atoms with Crippen molar-refractivity contribution < 1.29 is 19.0 Å². The van der Waals surface area contributed by atoms with Crippen LogP contribution in [0.1, 0.15) is 11.1 Å². The van der Waals surface area contributed by atoms with Gasteiger partial charge in [-0.05, 0) is 17.7 Å². The van der Waals surface area contributed by atoms with Crippen molar-refractivity contribution in [3.63, 3.8) is 0 Å². The average molecular weight is 399 g/mol. The number of hydrogen-bond donors (Lipinski definition) is 1. The number of aliphatic carboxylic acids is 1. The van der Waals surface area contributed by atoms with Gasteiger partial charge in [0.2, 0.25) is 5.88 Å². The van der Waals surface area contributed by atoms with E-state index in [4.69, 9.17) is 15.1 Å². The van der Waals surface area contributed by atoms with Crippen molar-refractivity contribution in [1.29, 1.82) is 5.26 Å². The van der Waals surface area contributed by atoms with Crippen molar-refractivity contribution in [3.8, 4) is 11.9 Å².